The molecule has 2 aromatic rings. The number of piperidine rings is 1. The van der Waals surface area contributed by atoms with Crippen molar-refractivity contribution in [3.63, 3.8) is 0 Å². The van der Waals surface area contributed by atoms with E-state index in [1.54, 1.807) is 25.4 Å². The lowest BCUT2D eigenvalue weighted by molar-refractivity contribution is -0.224. The molecule has 1 saturated heterocycles. The number of nitrogens with zero attached hydrogens (tertiary/aromatic N) is 1. The molecule has 2 aliphatic rings. The molecule has 7 heteroatoms. The average molecular weight is 578 g/mol. The van der Waals surface area contributed by atoms with Crippen LogP contribution in [-0.2, 0) is 32.4 Å². The van der Waals surface area contributed by atoms with Crippen LogP contribution in [0.25, 0.3) is 0 Å². The van der Waals surface area contributed by atoms with Crippen molar-refractivity contribution in [3.8, 4) is 11.5 Å². The predicted molar refractivity (Wildman–Crippen MR) is 163 cm³/mol. The van der Waals surface area contributed by atoms with Crippen LogP contribution in [0.1, 0.15) is 75.3 Å². The summed E-state index contributed by atoms with van der Waals surface area (Å²) in [7, 11) is 3.31. The molecule has 0 N–H and O–H groups in total. The first-order valence-electron chi connectivity index (χ1n) is 15.4. The summed E-state index contributed by atoms with van der Waals surface area (Å²) >= 11 is 0. The largest absolute Gasteiger partial charge is 0.497 e. The fourth-order valence-electron chi connectivity index (χ4n) is 6.40. The highest BCUT2D eigenvalue weighted by Gasteiger charge is 2.53. The van der Waals surface area contributed by atoms with Gasteiger partial charge >= 0.3 is 0 Å². The smallest absolute Gasteiger partial charge is 0.250 e. The molecule has 0 aromatic heterocycles. The number of Topliss-reactive ketones (excluding diaryl/α,β-unsaturated/α-hetero) is 1. The molecular formula is C35H47NO6. The second-order valence-electron chi connectivity index (χ2n) is 11.9. The molecule has 42 heavy (non-hydrogen) atoms. The number of carbonyl (C=O) groups excluding carboxylic acids is 2. The lowest BCUT2D eigenvalue weighted by Crippen LogP contribution is -2.57. The maximum atomic E-state index is 13.4. The molecule has 228 valence electrons. The van der Waals surface area contributed by atoms with Gasteiger partial charge in [-0.1, -0.05) is 62.4 Å². The Morgan fingerprint density at radius 1 is 0.857 bits per heavy atom. The normalized spacial score (nSPS) is 21.8. The zero-order valence-corrected chi connectivity index (χ0v) is 25.4. The van der Waals surface area contributed by atoms with Crippen molar-refractivity contribution in [2.75, 3.05) is 27.4 Å². The number of rotatable bonds is 18. The Morgan fingerprint density at radius 2 is 1.45 bits per heavy atom. The number of fused-ring (bicyclic) bond motifs is 2. The quantitative estimate of drug-likeness (QED) is 0.139. The van der Waals surface area contributed by atoms with Crippen LogP contribution in [0.4, 0.5) is 0 Å². The first-order chi connectivity index (χ1) is 20.5. The Bertz CT molecular complexity index is 1150. The molecule has 1 aliphatic carbocycles. The highest BCUT2D eigenvalue weighted by molar-refractivity contribution is 5.91. The summed E-state index contributed by atoms with van der Waals surface area (Å²) in [6.45, 7) is 6.02. The number of ketones is 1. The number of hydrogen-bond donors (Lipinski definition) is 0. The summed E-state index contributed by atoms with van der Waals surface area (Å²) in [5.74, 6) is 1.18. The van der Waals surface area contributed by atoms with Gasteiger partial charge in [-0.05, 0) is 66.5 Å². The van der Waals surface area contributed by atoms with Gasteiger partial charge in [0.15, 0.2) is 0 Å². The van der Waals surface area contributed by atoms with Crippen molar-refractivity contribution in [3.05, 3.63) is 72.3 Å². The molecular weight excluding hydrogens is 530 g/mol. The minimum atomic E-state index is -0.327. The number of carbonyl (C=O) groups is 2. The number of benzene rings is 2. The van der Waals surface area contributed by atoms with Crippen LogP contribution in [0.2, 0.25) is 0 Å². The number of hydrogen-bond acceptors (Lipinski definition) is 6. The van der Waals surface area contributed by atoms with E-state index in [4.69, 9.17) is 19.0 Å². The maximum absolute atomic E-state index is 13.4. The van der Waals surface area contributed by atoms with E-state index in [1.807, 2.05) is 48.5 Å². The molecule has 0 radical (unpaired) electrons. The van der Waals surface area contributed by atoms with Gasteiger partial charge in [-0.2, -0.15) is 0 Å². The first kappa shape index (κ1) is 31.8. The van der Waals surface area contributed by atoms with Crippen molar-refractivity contribution in [2.45, 2.75) is 77.4 Å². The second kappa shape index (κ2) is 15.9. The molecule has 2 aromatic carbocycles. The van der Waals surface area contributed by atoms with Crippen LogP contribution < -0.4 is 9.47 Å². The Kier molecular flexibility index (Phi) is 12.0. The van der Waals surface area contributed by atoms with Gasteiger partial charge in [0.1, 0.15) is 23.9 Å². The van der Waals surface area contributed by atoms with E-state index < -0.39 is 0 Å². The summed E-state index contributed by atoms with van der Waals surface area (Å²) in [6.07, 6.45) is 11.3. The molecule has 0 spiro atoms. The molecule has 2 fully saturated rings. The highest BCUT2D eigenvalue weighted by Crippen LogP contribution is 2.49. The summed E-state index contributed by atoms with van der Waals surface area (Å²) in [4.78, 5) is 32.7. The van der Waals surface area contributed by atoms with Gasteiger partial charge in [-0.15, -0.1) is 6.58 Å². The monoisotopic (exact) mass is 577 g/mol. The molecule has 3 atom stereocenters. The van der Waals surface area contributed by atoms with Gasteiger partial charge in [-0.3, -0.25) is 14.4 Å². The SMILES string of the molecule is C=CC[C@H]1C(=O)C[C@]2(CCCCCCCCOCc3ccc(OC)cc3)C[C@@H]1C(=O)N(OCc1ccc(OC)cc1)C2. The van der Waals surface area contributed by atoms with Crippen molar-refractivity contribution in [1.82, 2.24) is 5.06 Å². The number of unbranched alkanes of at least 4 members (excludes halogenated alkanes) is 5. The van der Waals surface area contributed by atoms with Crippen LogP contribution in [0.5, 0.6) is 11.5 Å². The first-order valence-corrected chi connectivity index (χ1v) is 15.4. The van der Waals surface area contributed by atoms with E-state index in [2.05, 4.69) is 6.58 Å². The fourth-order valence-corrected chi connectivity index (χ4v) is 6.40. The third-order valence-corrected chi connectivity index (χ3v) is 8.78. The number of methoxy groups -OCH3 is 2. The van der Waals surface area contributed by atoms with E-state index in [0.717, 1.165) is 67.8 Å². The number of allylic oxidation sites excluding steroid dienone is 1. The fraction of sp³-hybridized carbons (Fsp3) is 0.543. The van der Waals surface area contributed by atoms with Crippen LogP contribution >= 0.6 is 0 Å². The minimum absolute atomic E-state index is 0.0618. The van der Waals surface area contributed by atoms with Crippen molar-refractivity contribution in [2.24, 2.45) is 17.3 Å². The standard InChI is InChI=1S/C35H47NO6/c1-4-11-31-32-22-35(23-33(31)37,26-36(34(32)38)42-25-28-14-18-30(40-3)19-15-28)20-9-7-5-6-8-10-21-41-24-27-12-16-29(39-2)17-13-27/h4,12-19,31-32H,1,5-11,20-26H2,2-3H3/t31-,32+,35+/m1/s1. The third-order valence-electron chi connectivity index (χ3n) is 8.78. The van der Waals surface area contributed by atoms with Crippen molar-refractivity contribution < 1.29 is 28.6 Å². The Hall–Kier alpha value is -3.16. The molecule has 1 aliphatic heterocycles. The third kappa shape index (κ3) is 8.68. The van der Waals surface area contributed by atoms with Gasteiger partial charge in [0, 0.05) is 18.9 Å². The molecule has 1 heterocycles. The molecule has 1 amide bonds. The number of hydroxylamine groups is 2. The van der Waals surface area contributed by atoms with E-state index >= 15 is 0 Å². The summed E-state index contributed by atoms with van der Waals surface area (Å²) < 4.78 is 16.3. The van der Waals surface area contributed by atoms with Crippen LogP contribution in [-0.4, -0.2) is 44.1 Å². The Morgan fingerprint density at radius 3 is 2.07 bits per heavy atom. The van der Waals surface area contributed by atoms with Crippen LogP contribution in [0.15, 0.2) is 61.2 Å². The van der Waals surface area contributed by atoms with E-state index in [-0.39, 0.29) is 28.9 Å². The maximum Gasteiger partial charge on any atom is 0.250 e. The van der Waals surface area contributed by atoms with Gasteiger partial charge in [0.2, 0.25) is 5.91 Å². The van der Waals surface area contributed by atoms with E-state index in [0.29, 0.717) is 32.6 Å². The van der Waals surface area contributed by atoms with Crippen molar-refractivity contribution >= 4 is 11.7 Å². The van der Waals surface area contributed by atoms with Gasteiger partial charge < -0.3 is 14.2 Å². The number of amides is 1. The van der Waals surface area contributed by atoms with Gasteiger partial charge in [-0.25, -0.2) is 5.06 Å². The zero-order chi connectivity index (χ0) is 29.8. The zero-order valence-electron chi connectivity index (χ0n) is 25.4. The summed E-state index contributed by atoms with van der Waals surface area (Å²) in [5, 5.41) is 1.56. The van der Waals surface area contributed by atoms with Gasteiger partial charge in [0.25, 0.3) is 0 Å². The van der Waals surface area contributed by atoms with E-state index in [9.17, 15) is 9.59 Å². The molecule has 1 saturated carbocycles. The van der Waals surface area contributed by atoms with E-state index in [1.165, 1.54) is 12.8 Å². The molecule has 0 unspecified atom stereocenters. The average Bonchev–Trinajstić information content (AvgIpc) is 3.01. The Balaban J connectivity index is 1.20. The molecule has 4 rings (SSSR count). The Labute approximate surface area is 251 Å². The second-order valence-corrected chi connectivity index (χ2v) is 11.9. The highest BCUT2D eigenvalue weighted by atomic mass is 16.7. The van der Waals surface area contributed by atoms with Gasteiger partial charge in [0.05, 0.1) is 33.3 Å². The van der Waals surface area contributed by atoms with Crippen molar-refractivity contribution in [1.29, 1.82) is 0 Å². The summed E-state index contributed by atoms with van der Waals surface area (Å²) in [6, 6.07) is 15.7. The predicted octanol–water partition coefficient (Wildman–Crippen LogP) is 7.08. The lowest BCUT2D eigenvalue weighted by atomic mass is 9.59. The lowest BCUT2D eigenvalue weighted by Gasteiger charge is -2.50. The molecule has 2 bridgehead atoms. The van der Waals surface area contributed by atoms with Crippen LogP contribution in [0.3, 0.4) is 0 Å². The number of ether oxygens (including phenoxy) is 3. The molecule has 7 nitrogen and oxygen atoms in total. The topological polar surface area (TPSA) is 74.3 Å². The summed E-state index contributed by atoms with van der Waals surface area (Å²) in [5.41, 5.74) is 1.92. The van der Waals surface area contributed by atoms with Crippen LogP contribution in [0, 0.1) is 17.3 Å². The minimum Gasteiger partial charge on any atom is -0.497 e.